The van der Waals surface area contributed by atoms with E-state index in [1.54, 1.807) is 17.4 Å². The molecule has 2 rings (SSSR count). The number of benzene rings is 1. The molecule has 2 nitrogen and oxygen atoms in total. The number of hydrogen-bond acceptors (Lipinski definition) is 3. The number of halogens is 3. The summed E-state index contributed by atoms with van der Waals surface area (Å²) in [6, 6.07) is 3.72. The van der Waals surface area contributed by atoms with Gasteiger partial charge in [-0.2, -0.15) is 0 Å². The first-order valence-corrected chi connectivity index (χ1v) is 7.78. The van der Waals surface area contributed by atoms with Gasteiger partial charge in [-0.15, -0.1) is 11.3 Å². The molecular weight excluding hydrogens is 323 g/mol. The van der Waals surface area contributed by atoms with Gasteiger partial charge in [0.25, 0.3) is 0 Å². The molecule has 1 aromatic heterocycles. The molecule has 19 heavy (non-hydrogen) atoms. The largest absolute Gasteiger partial charge is 0.304 e. The van der Waals surface area contributed by atoms with E-state index in [0.29, 0.717) is 21.6 Å². The Morgan fingerprint density at radius 3 is 2.63 bits per heavy atom. The zero-order valence-corrected chi connectivity index (χ0v) is 13.6. The van der Waals surface area contributed by atoms with Crippen LogP contribution in [0.1, 0.15) is 29.2 Å². The molecule has 0 radical (unpaired) electrons. The molecule has 0 spiro atoms. The standard InChI is InChI=1S/C13H13Cl3N2S/c1-7(17-5-9-6-19-8(2)18-9)10-3-4-11(14)13(16)12(10)15/h3-4,6-7,17H,5H2,1-2H3. The van der Waals surface area contributed by atoms with E-state index in [1.807, 2.05) is 25.3 Å². The van der Waals surface area contributed by atoms with Crippen molar-refractivity contribution in [3.63, 3.8) is 0 Å². The van der Waals surface area contributed by atoms with Crippen LogP contribution in [0.2, 0.25) is 15.1 Å². The van der Waals surface area contributed by atoms with E-state index in [1.165, 1.54) is 0 Å². The van der Waals surface area contributed by atoms with Gasteiger partial charge in [-0.1, -0.05) is 40.9 Å². The number of nitrogens with zero attached hydrogens (tertiary/aromatic N) is 1. The zero-order chi connectivity index (χ0) is 14.0. The fourth-order valence-corrected chi connectivity index (χ4v) is 3.05. The summed E-state index contributed by atoms with van der Waals surface area (Å²) in [5.74, 6) is 0. The van der Waals surface area contributed by atoms with Crippen molar-refractivity contribution in [3.8, 4) is 0 Å². The monoisotopic (exact) mass is 334 g/mol. The molecule has 0 aliphatic carbocycles. The maximum Gasteiger partial charge on any atom is 0.0897 e. The number of rotatable bonds is 4. The second-order valence-corrected chi connectivity index (χ2v) is 6.45. The van der Waals surface area contributed by atoms with Crippen molar-refractivity contribution >= 4 is 46.1 Å². The van der Waals surface area contributed by atoms with Crippen LogP contribution in [0.5, 0.6) is 0 Å². The molecule has 2 aromatic rings. The highest BCUT2D eigenvalue weighted by Crippen LogP contribution is 2.35. The second kappa shape index (κ2) is 6.42. The lowest BCUT2D eigenvalue weighted by molar-refractivity contribution is 0.569. The van der Waals surface area contributed by atoms with Crippen LogP contribution in [0.15, 0.2) is 17.5 Å². The quantitative estimate of drug-likeness (QED) is 0.771. The molecule has 1 unspecified atom stereocenters. The number of aromatic nitrogens is 1. The van der Waals surface area contributed by atoms with Crippen LogP contribution in [0.3, 0.4) is 0 Å². The SMILES string of the molecule is Cc1nc(CNC(C)c2ccc(Cl)c(Cl)c2Cl)cs1. The Morgan fingerprint density at radius 2 is 2.00 bits per heavy atom. The van der Waals surface area contributed by atoms with Crippen molar-refractivity contribution in [3.05, 3.63) is 48.8 Å². The number of aryl methyl sites for hydroxylation is 1. The molecule has 0 fully saturated rings. The van der Waals surface area contributed by atoms with Gasteiger partial charge in [0.1, 0.15) is 0 Å². The van der Waals surface area contributed by atoms with Crippen LogP contribution >= 0.6 is 46.1 Å². The Kier molecular flexibility index (Phi) is 5.09. The third-order valence-electron chi connectivity index (χ3n) is 2.79. The van der Waals surface area contributed by atoms with Crippen molar-refractivity contribution in [1.82, 2.24) is 10.3 Å². The van der Waals surface area contributed by atoms with Crippen molar-refractivity contribution in [2.24, 2.45) is 0 Å². The highest BCUT2D eigenvalue weighted by atomic mass is 35.5. The molecule has 1 aromatic carbocycles. The van der Waals surface area contributed by atoms with Gasteiger partial charge in [0.15, 0.2) is 0 Å². The molecule has 6 heteroatoms. The molecule has 102 valence electrons. The minimum atomic E-state index is 0.0734. The maximum absolute atomic E-state index is 6.21. The second-order valence-electron chi connectivity index (χ2n) is 4.23. The number of hydrogen-bond donors (Lipinski definition) is 1. The lowest BCUT2D eigenvalue weighted by Gasteiger charge is -2.16. The Balaban J connectivity index is 2.08. The summed E-state index contributed by atoms with van der Waals surface area (Å²) in [4.78, 5) is 4.41. The molecule has 1 N–H and O–H groups in total. The van der Waals surface area contributed by atoms with Gasteiger partial charge in [-0.3, -0.25) is 0 Å². The van der Waals surface area contributed by atoms with Gasteiger partial charge >= 0.3 is 0 Å². The molecule has 0 aliphatic rings. The summed E-state index contributed by atoms with van der Waals surface area (Å²) in [5.41, 5.74) is 1.97. The van der Waals surface area contributed by atoms with Crippen LogP contribution in [0.4, 0.5) is 0 Å². The highest BCUT2D eigenvalue weighted by Gasteiger charge is 2.14. The smallest absolute Gasteiger partial charge is 0.0897 e. The fraction of sp³-hybridized carbons (Fsp3) is 0.308. The predicted octanol–water partition coefficient (Wildman–Crippen LogP) is 5.26. The first kappa shape index (κ1) is 15.1. The van der Waals surface area contributed by atoms with Gasteiger partial charge in [0.05, 0.1) is 25.8 Å². The molecule has 0 saturated carbocycles. The lowest BCUT2D eigenvalue weighted by Crippen LogP contribution is -2.18. The zero-order valence-electron chi connectivity index (χ0n) is 10.5. The van der Waals surface area contributed by atoms with Gasteiger partial charge < -0.3 is 5.32 Å². The minimum absolute atomic E-state index is 0.0734. The molecule has 0 saturated heterocycles. The van der Waals surface area contributed by atoms with E-state index in [2.05, 4.69) is 10.3 Å². The van der Waals surface area contributed by atoms with Crippen LogP contribution in [0.25, 0.3) is 0 Å². The summed E-state index contributed by atoms with van der Waals surface area (Å²) in [7, 11) is 0. The fourth-order valence-electron chi connectivity index (χ4n) is 1.73. The summed E-state index contributed by atoms with van der Waals surface area (Å²) >= 11 is 19.8. The van der Waals surface area contributed by atoms with Crippen molar-refractivity contribution in [1.29, 1.82) is 0 Å². The molecule has 1 atom stereocenters. The molecule has 1 heterocycles. The minimum Gasteiger partial charge on any atom is -0.304 e. The van der Waals surface area contributed by atoms with Gasteiger partial charge in [-0.05, 0) is 25.5 Å². The van der Waals surface area contributed by atoms with E-state index < -0.39 is 0 Å². The summed E-state index contributed by atoms with van der Waals surface area (Å²) in [6.45, 7) is 4.72. The topological polar surface area (TPSA) is 24.9 Å². The van der Waals surface area contributed by atoms with Crippen LogP contribution in [-0.2, 0) is 6.54 Å². The summed E-state index contributed by atoms with van der Waals surface area (Å²) < 4.78 is 0. The Bertz CT molecular complexity index is 583. The molecular formula is C13H13Cl3N2S. The van der Waals surface area contributed by atoms with Crippen molar-refractivity contribution in [2.75, 3.05) is 0 Å². The lowest BCUT2D eigenvalue weighted by atomic mass is 10.1. The van der Waals surface area contributed by atoms with Gasteiger partial charge in [0.2, 0.25) is 0 Å². The number of nitrogens with one attached hydrogen (secondary N) is 1. The van der Waals surface area contributed by atoms with E-state index in [9.17, 15) is 0 Å². The van der Waals surface area contributed by atoms with E-state index in [4.69, 9.17) is 34.8 Å². The first-order chi connectivity index (χ1) is 8.99. The Hall–Kier alpha value is -0.320. The average molecular weight is 336 g/mol. The average Bonchev–Trinajstić information content (AvgIpc) is 2.79. The van der Waals surface area contributed by atoms with Crippen molar-refractivity contribution in [2.45, 2.75) is 26.4 Å². The third-order valence-corrected chi connectivity index (χ3v) is 4.92. The Labute approximate surface area is 131 Å². The Morgan fingerprint density at radius 1 is 1.26 bits per heavy atom. The normalized spacial score (nSPS) is 12.7. The maximum atomic E-state index is 6.21. The van der Waals surface area contributed by atoms with Gasteiger partial charge in [0, 0.05) is 18.0 Å². The van der Waals surface area contributed by atoms with Crippen molar-refractivity contribution < 1.29 is 0 Å². The van der Waals surface area contributed by atoms with Crippen LogP contribution in [0, 0.1) is 6.92 Å². The summed E-state index contributed by atoms with van der Waals surface area (Å²) in [6.07, 6.45) is 0. The molecule has 0 amide bonds. The van der Waals surface area contributed by atoms with E-state index in [0.717, 1.165) is 16.3 Å². The van der Waals surface area contributed by atoms with E-state index >= 15 is 0 Å². The number of thiazole rings is 1. The third kappa shape index (κ3) is 3.61. The summed E-state index contributed by atoms with van der Waals surface area (Å²) in [5, 5.41) is 7.86. The first-order valence-electron chi connectivity index (χ1n) is 5.77. The molecule has 0 bridgehead atoms. The van der Waals surface area contributed by atoms with Gasteiger partial charge in [-0.25, -0.2) is 4.98 Å². The molecule has 0 aliphatic heterocycles. The predicted molar refractivity (Wildman–Crippen MR) is 83.6 cm³/mol. The van der Waals surface area contributed by atoms with Crippen LogP contribution in [-0.4, -0.2) is 4.98 Å². The van der Waals surface area contributed by atoms with E-state index in [-0.39, 0.29) is 6.04 Å². The van der Waals surface area contributed by atoms with Crippen LogP contribution < -0.4 is 5.32 Å². The highest BCUT2D eigenvalue weighted by molar-refractivity contribution is 7.09.